The van der Waals surface area contributed by atoms with Crippen LogP contribution in [0.3, 0.4) is 0 Å². The van der Waals surface area contributed by atoms with Crippen LogP contribution >= 0.6 is 0 Å². The fourth-order valence-corrected chi connectivity index (χ4v) is 14.1. The minimum Gasteiger partial charge on any atom is -0.0654 e. The quantitative estimate of drug-likeness (QED) is 0.0194. The first kappa shape index (κ1) is 60.3. The normalized spacial score (nSPS) is 12.8. The zero-order chi connectivity index (χ0) is 45.3. The summed E-state index contributed by atoms with van der Waals surface area (Å²) in [4.78, 5) is 38.0. The van der Waals surface area contributed by atoms with Crippen molar-refractivity contribution in [2.75, 3.05) is 39.6 Å². The van der Waals surface area contributed by atoms with Gasteiger partial charge < -0.3 is 0 Å². The van der Waals surface area contributed by atoms with Crippen LogP contribution in [0.1, 0.15) is 233 Å². The predicted octanol–water partition coefficient (Wildman–Crippen LogP) is 14.8. The van der Waals surface area contributed by atoms with Crippen LogP contribution in [-0.4, -0.2) is 77.2 Å². The molecule has 0 aromatic rings. The second-order valence-electron chi connectivity index (χ2n) is 17.0. The first-order valence-corrected chi connectivity index (χ1v) is 31.4. The number of rotatable bonds is 48. The van der Waals surface area contributed by atoms with Crippen molar-refractivity contribution in [2.24, 2.45) is 0 Å². The Morgan fingerprint density at radius 3 is 1.13 bits per heavy atom. The molecule has 0 aromatic carbocycles. The van der Waals surface area contributed by atoms with Gasteiger partial charge in [-0.3, -0.25) is 0 Å². The van der Waals surface area contributed by atoms with Crippen LogP contribution in [0.25, 0.3) is 0 Å². The Morgan fingerprint density at radius 1 is 0.355 bits per heavy atom. The molecule has 0 amide bonds. The molecular weight excluding hydrogens is 887 g/mol. The number of carbonyl (C=O) groups is 3. The predicted molar refractivity (Wildman–Crippen MR) is 259 cm³/mol. The van der Waals surface area contributed by atoms with E-state index in [2.05, 4.69) is 27.7 Å². The molecule has 362 valence electrons. The van der Waals surface area contributed by atoms with E-state index in [-0.39, 0.29) is 13.2 Å². The van der Waals surface area contributed by atoms with Gasteiger partial charge in [-0.2, -0.15) is 0 Å². The molecule has 0 aliphatic heterocycles. The summed E-state index contributed by atoms with van der Waals surface area (Å²) in [5.41, 5.74) is 0. The van der Waals surface area contributed by atoms with Gasteiger partial charge in [0.15, 0.2) is 0 Å². The molecule has 1 unspecified atom stereocenters. The van der Waals surface area contributed by atoms with Gasteiger partial charge in [-0.25, -0.2) is 0 Å². The molecule has 0 aliphatic rings. The van der Waals surface area contributed by atoms with Gasteiger partial charge in [0.1, 0.15) is 0 Å². The summed E-state index contributed by atoms with van der Waals surface area (Å²) in [6, 6.07) is 0. The van der Waals surface area contributed by atoms with Gasteiger partial charge >= 0.3 is 272 Å². The third-order valence-electron chi connectivity index (χ3n) is 11.0. The van der Waals surface area contributed by atoms with E-state index < -0.39 is 37.5 Å². The number of unbranched alkanes of at least 4 members (excludes halogenated alkanes) is 28. The van der Waals surface area contributed by atoms with Gasteiger partial charge in [-0.05, 0) is 0 Å². The molecule has 0 radical (unpaired) electrons. The van der Waals surface area contributed by atoms with E-state index in [1.807, 2.05) is 12.2 Å². The molecule has 0 aromatic heterocycles. The Bertz CT molecular complexity index is 1090. The van der Waals surface area contributed by atoms with Gasteiger partial charge in [-0.1, -0.05) is 117 Å². The number of hydrogen-bond acceptors (Lipinski definition) is 9. The van der Waals surface area contributed by atoms with Crippen molar-refractivity contribution in [3.05, 3.63) is 36.5 Å². The van der Waals surface area contributed by atoms with Crippen LogP contribution < -0.4 is 0 Å². The van der Waals surface area contributed by atoms with Crippen molar-refractivity contribution in [1.82, 2.24) is 0 Å². The average molecular weight is 984 g/mol. The Labute approximate surface area is 387 Å². The van der Waals surface area contributed by atoms with E-state index in [0.717, 1.165) is 76.5 Å². The second kappa shape index (κ2) is 48.8. The number of esters is 2. The summed E-state index contributed by atoms with van der Waals surface area (Å²) in [5.74, 6) is -1.69. The second-order valence-corrected chi connectivity index (χ2v) is 24.5. The van der Waals surface area contributed by atoms with Crippen LogP contribution in [0.4, 0.5) is 0 Å². The minimum absolute atomic E-state index is 0.0384. The van der Waals surface area contributed by atoms with Crippen LogP contribution in [0.15, 0.2) is 36.5 Å². The van der Waals surface area contributed by atoms with E-state index >= 15 is 0 Å². The summed E-state index contributed by atoms with van der Waals surface area (Å²) >= 11 is -4.55. The topological polar surface area (TPSA) is 107 Å². The third kappa shape index (κ3) is 43.6. The smallest absolute Gasteiger partial charge is 0.0654 e. The van der Waals surface area contributed by atoms with Crippen molar-refractivity contribution >= 4 is 37.5 Å². The number of hydrogen-bond donors (Lipinski definition) is 0. The minimum atomic E-state index is -4.55. The maximum absolute atomic E-state index is 13.1. The van der Waals surface area contributed by atoms with Gasteiger partial charge in [0.05, 0.1) is 0 Å². The molecule has 0 N–H and O–H groups in total. The first-order chi connectivity index (χ1) is 30.4. The van der Waals surface area contributed by atoms with Crippen LogP contribution in [0.5, 0.6) is 0 Å². The van der Waals surface area contributed by atoms with Crippen LogP contribution in [0, 0.1) is 0 Å². The Hall–Kier alpha value is -1.69. The van der Waals surface area contributed by atoms with Gasteiger partial charge in [0, 0.05) is 0 Å². The average Bonchev–Trinajstić information content (AvgIpc) is 3.27. The summed E-state index contributed by atoms with van der Waals surface area (Å²) in [6.07, 6.45) is 47.6. The van der Waals surface area contributed by atoms with E-state index in [9.17, 15) is 14.4 Å². The van der Waals surface area contributed by atoms with E-state index in [0.29, 0.717) is 24.3 Å². The molecule has 0 bridgehead atoms. The molecule has 0 fully saturated rings. The molecule has 0 spiro atoms. The summed E-state index contributed by atoms with van der Waals surface area (Å²) in [7, 11) is 0. The molecule has 0 rings (SSSR count). The fraction of sp³-hybridized carbons (Fsp3) is 0.827. The van der Waals surface area contributed by atoms with Gasteiger partial charge in [0.2, 0.25) is 0 Å². The van der Waals surface area contributed by atoms with E-state index in [1.54, 1.807) is 6.08 Å². The standard InChI is InChI=1S/C16H28O4.C16H29O3.C16H31O2.C4H9.Sn/c1-2-3-4-5-6-7-8-9-10-11-14-20-16(19)13-12-15(17)18;1-2-3-4-5-6-7-8-9-10-11-15-19-16(18)13-12-14-17;1-2-3-4-5-6-7-8-9-10-12-15-18-16-13-11-14-17;1-3-4-2;/h12-13H,2-11,14H2,1H3,(H,17,18);12-13H,2-11,14-15H2,1H3;11,13H,2-10,12,14-16H2,1H3;1,3-4H2,2H3;/q;2*-1;;+3/p-1/b;13-12-;13-11-;;. The SMILES string of the molecule is CCCCCCCCCCCCOC/C=C\C[O][Sn]([CH2]CCC)([O]C/C=C\C(=O)OCCCCCCCCCCCC)[O]C(=O)C=CC(=O)OCCCCCCCCCCCC. The molecule has 1 atom stereocenters. The van der Waals surface area contributed by atoms with E-state index in [4.69, 9.17) is 23.4 Å². The summed E-state index contributed by atoms with van der Waals surface area (Å²) in [5, 5.41) is 0. The number of ether oxygens (including phenoxy) is 3. The van der Waals surface area contributed by atoms with Crippen LogP contribution in [0.2, 0.25) is 4.44 Å². The number of carbonyl (C=O) groups excluding carboxylic acids is 3. The van der Waals surface area contributed by atoms with Crippen molar-refractivity contribution in [1.29, 1.82) is 0 Å². The third-order valence-corrected chi connectivity index (χ3v) is 18.7. The monoisotopic (exact) mass is 985 g/mol. The molecule has 0 aliphatic carbocycles. The Kier molecular flexibility index (Phi) is 47.4. The fourth-order valence-electron chi connectivity index (χ4n) is 7.11. The van der Waals surface area contributed by atoms with Crippen molar-refractivity contribution < 1.29 is 37.8 Å². The Morgan fingerprint density at radius 2 is 0.694 bits per heavy atom. The maximum atomic E-state index is 13.1. The summed E-state index contributed by atoms with van der Waals surface area (Å²) < 4.78 is 35.6. The molecule has 62 heavy (non-hydrogen) atoms. The molecule has 10 heteroatoms. The van der Waals surface area contributed by atoms with E-state index in [1.165, 1.54) is 154 Å². The van der Waals surface area contributed by atoms with Crippen LogP contribution in [-0.2, 0) is 37.8 Å². The zero-order valence-electron chi connectivity index (χ0n) is 40.7. The summed E-state index contributed by atoms with van der Waals surface area (Å²) in [6.45, 7) is 11.0. The van der Waals surface area contributed by atoms with Crippen molar-refractivity contribution in [3.63, 3.8) is 0 Å². The van der Waals surface area contributed by atoms with Crippen molar-refractivity contribution in [2.45, 2.75) is 238 Å². The molecular formula is C52H96O9Sn. The Balaban J connectivity index is 4.96. The molecule has 0 saturated carbocycles. The molecule has 9 nitrogen and oxygen atoms in total. The van der Waals surface area contributed by atoms with Gasteiger partial charge in [-0.15, -0.1) is 0 Å². The first-order valence-electron chi connectivity index (χ1n) is 25.8. The molecule has 0 heterocycles. The molecule has 0 saturated heterocycles. The van der Waals surface area contributed by atoms with Gasteiger partial charge in [0.25, 0.3) is 0 Å². The van der Waals surface area contributed by atoms with Crippen molar-refractivity contribution in [3.8, 4) is 0 Å². The zero-order valence-corrected chi connectivity index (χ0v) is 43.6.